The van der Waals surface area contributed by atoms with Crippen molar-refractivity contribution in [2.75, 3.05) is 39.4 Å². The van der Waals surface area contributed by atoms with E-state index < -0.39 is 5.60 Å². The highest BCUT2D eigenvalue weighted by Crippen LogP contribution is 2.36. The highest BCUT2D eigenvalue weighted by atomic mass is 32.2. The maximum Gasteiger partial charge on any atom is 0.410 e. The number of hydrogen-bond donors (Lipinski definition) is 0. The molecule has 1 aromatic heterocycles. The van der Waals surface area contributed by atoms with Gasteiger partial charge in [-0.3, -0.25) is 0 Å². The van der Waals surface area contributed by atoms with Gasteiger partial charge in [-0.25, -0.2) is 14.1 Å². The van der Waals surface area contributed by atoms with E-state index in [1.54, 1.807) is 16.8 Å². The van der Waals surface area contributed by atoms with Crippen molar-refractivity contribution in [3.05, 3.63) is 23.4 Å². The van der Waals surface area contributed by atoms with Gasteiger partial charge in [0, 0.05) is 43.3 Å². The Balaban J connectivity index is 1.32. The van der Waals surface area contributed by atoms with Crippen molar-refractivity contribution in [1.29, 1.82) is 0 Å². The first-order valence-corrected chi connectivity index (χ1v) is 9.51. The number of carbonyl (C=O) groups excluding carboxylic acids is 1. The van der Waals surface area contributed by atoms with Crippen LogP contribution >= 0.6 is 11.9 Å². The standard InChI is InChI=1S/C18H23N3O4S/c1-18(2,3)25-17(22)20-8-12-10-21(11-13(12)9-20)26-14-6-15-16(19-7-14)24-5-4-23-15/h6-7H,4-5,8-11H2,1-3H3. The normalized spacial score (nSPS) is 19.7. The lowest BCUT2D eigenvalue weighted by Crippen LogP contribution is -2.37. The predicted molar refractivity (Wildman–Crippen MR) is 97.5 cm³/mol. The number of hydrogen-bond acceptors (Lipinski definition) is 7. The van der Waals surface area contributed by atoms with Crippen LogP contribution in [0.2, 0.25) is 0 Å². The van der Waals surface area contributed by atoms with Crippen molar-refractivity contribution in [3.63, 3.8) is 0 Å². The number of rotatable bonds is 2. The van der Waals surface area contributed by atoms with Crippen LogP contribution in [0.3, 0.4) is 0 Å². The topological polar surface area (TPSA) is 64.1 Å². The lowest BCUT2D eigenvalue weighted by Gasteiger charge is -2.26. The third-order valence-corrected chi connectivity index (χ3v) is 5.21. The SMILES string of the molecule is CC(C)(C)OC(=O)N1CC2=C(CN(Sc3cnc4c(c3)OCCO4)C2)C1. The molecule has 0 unspecified atom stereocenters. The predicted octanol–water partition coefficient (Wildman–Crippen LogP) is 2.72. The maximum absolute atomic E-state index is 12.2. The largest absolute Gasteiger partial charge is 0.484 e. The average molecular weight is 377 g/mol. The summed E-state index contributed by atoms with van der Waals surface area (Å²) in [5.74, 6) is 1.27. The molecule has 0 saturated heterocycles. The quantitative estimate of drug-likeness (QED) is 0.580. The molecule has 3 aliphatic rings. The molecule has 0 fully saturated rings. The van der Waals surface area contributed by atoms with E-state index >= 15 is 0 Å². The van der Waals surface area contributed by atoms with E-state index in [0.717, 1.165) is 18.0 Å². The Morgan fingerprint density at radius 1 is 1.15 bits per heavy atom. The molecule has 0 aliphatic carbocycles. The van der Waals surface area contributed by atoms with Gasteiger partial charge < -0.3 is 19.1 Å². The first-order valence-electron chi connectivity index (χ1n) is 8.74. The van der Waals surface area contributed by atoms with Crippen molar-refractivity contribution in [2.24, 2.45) is 0 Å². The van der Waals surface area contributed by atoms with Crippen LogP contribution in [0.15, 0.2) is 28.3 Å². The Morgan fingerprint density at radius 2 is 1.85 bits per heavy atom. The van der Waals surface area contributed by atoms with E-state index in [1.165, 1.54) is 11.1 Å². The fourth-order valence-corrected chi connectivity index (χ4v) is 4.18. The molecule has 0 saturated carbocycles. The van der Waals surface area contributed by atoms with Crippen molar-refractivity contribution >= 4 is 18.0 Å². The second kappa shape index (κ2) is 6.66. The van der Waals surface area contributed by atoms with Crippen molar-refractivity contribution in [2.45, 2.75) is 31.3 Å². The van der Waals surface area contributed by atoms with E-state index in [-0.39, 0.29) is 6.09 Å². The third kappa shape index (κ3) is 3.76. The van der Waals surface area contributed by atoms with Crippen LogP contribution in [0.25, 0.3) is 0 Å². The minimum Gasteiger partial charge on any atom is -0.484 e. The smallest absolute Gasteiger partial charge is 0.410 e. The molecular formula is C18H23N3O4S. The van der Waals surface area contributed by atoms with Crippen molar-refractivity contribution in [1.82, 2.24) is 14.2 Å². The summed E-state index contributed by atoms with van der Waals surface area (Å²) in [6.07, 6.45) is 1.58. The molecule has 0 radical (unpaired) electrons. The summed E-state index contributed by atoms with van der Waals surface area (Å²) in [7, 11) is 0. The zero-order valence-corrected chi connectivity index (χ0v) is 16.1. The highest BCUT2D eigenvalue weighted by Gasteiger charge is 2.34. The number of fused-ring (bicyclic) bond motifs is 1. The summed E-state index contributed by atoms with van der Waals surface area (Å²) in [6.45, 7) is 9.76. The number of pyridine rings is 1. The van der Waals surface area contributed by atoms with E-state index in [1.807, 2.05) is 33.0 Å². The van der Waals surface area contributed by atoms with Gasteiger partial charge in [-0.15, -0.1) is 0 Å². The summed E-state index contributed by atoms with van der Waals surface area (Å²) >= 11 is 1.66. The van der Waals surface area contributed by atoms with Gasteiger partial charge in [0.25, 0.3) is 5.88 Å². The molecule has 0 aromatic carbocycles. The lowest BCUT2D eigenvalue weighted by atomic mass is 10.2. The minimum absolute atomic E-state index is 0.234. The van der Waals surface area contributed by atoms with Gasteiger partial charge in [-0.05, 0) is 43.9 Å². The summed E-state index contributed by atoms with van der Waals surface area (Å²) < 4.78 is 18.8. The molecule has 1 aromatic rings. The first-order chi connectivity index (χ1) is 12.4. The molecule has 0 bridgehead atoms. The van der Waals surface area contributed by atoms with Crippen molar-refractivity contribution < 1.29 is 19.0 Å². The molecular weight excluding hydrogens is 354 g/mol. The molecule has 0 atom stereocenters. The van der Waals surface area contributed by atoms with Gasteiger partial charge in [0.05, 0.1) is 0 Å². The summed E-state index contributed by atoms with van der Waals surface area (Å²) in [5, 5.41) is 0. The van der Waals surface area contributed by atoms with Gasteiger partial charge in [0.2, 0.25) is 0 Å². The molecule has 0 N–H and O–H groups in total. The first kappa shape index (κ1) is 17.5. The second-order valence-electron chi connectivity index (χ2n) is 7.60. The average Bonchev–Trinajstić information content (AvgIpc) is 3.11. The fourth-order valence-electron chi connectivity index (χ4n) is 3.18. The van der Waals surface area contributed by atoms with Crippen LogP contribution < -0.4 is 9.47 Å². The zero-order valence-electron chi connectivity index (χ0n) is 15.3. The van der Waals surface area contributed by atoms with E-state index in [0.29, 0.717) is 37.9 Å². The second-order valence-corrected chi connectivity index (χ2v) is 8.77. The third-order valence-electron chi connectivity index (χ3n) is 4.26. The molecule has 0 spiro atoms. The van der Waals surface area contributed by atoms with Crippen LogP contribution in [0.5, 0.6) is 11.6 Å². The summed E-state index contributed by atoms with van der Waals surface area (Å²) in [5.41, 5.74) is 2.17. The Morgan fingerprint density at radius 3 is 2.54 bits per heavy atom. The number of aromatic nitrogens is 1. The Labute approximate surface area is 157 Å². The van der Waals surface area contributed by atoms with Crippen LogP contribution in [-0.2, 0) is 4.74 Å². The molecule has 8 heteroatoms. The molecule has 1 amide bonds. The van der Waals surface area contributed by atoms with Gasteiger partial charge >= 0.3 is 6.09 Å². The minimum atomic E-state index is -0.461. The number of carbonyl (C=O) groups is 1. The molecule has 140 valence electrons. The van der Waals surface area contributed by atoms with Crippen LogP contribution in [0.1, 0.15) is 20.8 Å². The van der Waals surface area contributed by atoms with E-state index in [2.05, 4.69) is 9.29 Å². The lowest BCUT2D eigenvalue weighted by molar-refractivity contribution is 0.0295. The maximum atomic E-state index is 12.2. The number of ether oxygens (including phenoxy) is 3. The van der Waals surface area contributed by atoms with Gasteiger partial charge in [-0.2, -0.15) is 0 Å². The van der Waals surface area contributed by atoms with Gasteiger partial charge in [-0.1, -0.05) is 0 Å². The molecule has 4 rings (SSSR count). The monoisotopic (exact) mass is 377 g/mol. The zero-order chi connectivity index (χ0) is 18.3. The van der Waals surface area contributed by atoms with Crippen LogP contribution in [0, 0.1) is 0 Å². The van der Waals surface area contributed by atoms with Gasteiger partial charge in [0.15, 0.2) is 5.75 Å². The Hall–Kier alpha value is -1.93. The Kier molecular flexibility index (Phi) is 4.48. The highest BCUT2D eigenvalue weighted by molar-refractivity contribution is 7.97. The molecule has 4 heterocycles. The Bertz CT molecular complexity index is 741. The van der Waals surface area contributed by atoms with Crippen molar-refractivity contribution in [3.8, 4) is 11.6 Å². The van der Waals surface area contributed by atoms with Crippen LogP contribution in [-0.4, -0.2) is 65.3 Å². The number of amides is 1. The van der Waals surface area contributed by atoms with Crippen LogP contribution in [0.4, 0.5) is 4.79 Å². The molecule has 7 nitrogen and oxygen atoms in total. The summed E-state index contributed by atoms with van der Waals surface area (Å²) in [4.78, 5) is 19.4. The van der Waals surface area contributed by atoms with E-state index in [9.17, 15) is 4.79 Å². The molecule has 26 heavy (non-hydrogen) atoms. The number of nitrogens with zero attached hydrogens (tertiary/aromatic N) is 3. The van der Waals surface area contributed by atoms with E-state index in [4.69, 9.17) is 14.2 Å². The van der Waals surface area contributed by atoms with Gasteiger partial charge in [0.1, 0.15) is 18.8 Å². The fraction of sp³-hybridized carbons (Fsp3) is 0.556. The summed E-state index contributed by atoms with van der Waals surface area (Å²) in [6, 6.07) is 1.97. The molecule has 3 aliphatic heterocycles.